The molecule has 0 bridgehead atoms. The quantitative estimate of drug-likeness (QED) is 0.587. The van der Waals surface area contributed by atoms with Crippen LogP contribution in [0.15, 0.2) is 36.4 Å². The smallest absolute Gasteiger partial charge is 0.173 e. The zero-order chi connectivity index (χ0) is 12.4. The monoisotopic (exact) mass is 230 g/mol. The lowest BCUT2D eigenvalue weighted by Gasteiger charge is -2.12. The van der Waals surface area contributed by atoms with Gasteiger partial charge in [0.25, 0.3) is 0 Å². The molecule has 17 heavy (non-hydrogen) atoms. The van der Waals surface area contributed by atoms with E-state index in [4.69, 9.17) is 27.7 Å². The number of hydrogen-bond acceptors (Lipinski definition) is 5. The summed E-state index contributed by atoms with van der Waals surface area (Å²) in [6.45, 7) is 0. The van der Waals surface area contributed by atoms with Gasteiger partial charge in [-0.2, -0.15) is 0 Å². The molecule has 0 amide bonds. The molecule has 0 heterocycles. The Morgan fingerprint density at radius 1 is 0.765 bits per heavy atom. The van der Waals surface area contributed by atoms with Gasteiger partial charge in [0, 0.05) is 5.69 Å². The third-order valence-electron chi connectivity index (χ3n) is 2.32. The Labute approximate surface area is 99.0 Å². The number of hydrogen-bond donors (Lipinski definition) is 4. The molecule has 0 spiro atoms. The van der Waals surface area contributed by atoms with E-state index in [-0.39, 0.29) is 0 Å². The molecule has 0 unspecified atom stereocenters. The van der Waals surface area contributed by atoms with Gasteiger partial charge in [-0.05, 0) is 30.3 Å². The number of nitrogen functional groups attached to an aromatic ring is 4. The predicted octanol–water partition coefficient (Wildman–Crippen LogP) is 1.81. The van der Waals surface area contributed by atoms with Crippen molar-refractivity contribution in [2.45, 2.75) is 0 Å². The highest BCUT2D eigenvalue weighted by Crippen LogP contribution is 2.36. The summed E-state index contributed by atoms with van der Waals surface area (Å²) in [7, 11) is 0. The van der Waals surface area contributed by atoms with E-state index in [0.717, 1.165) is 0 Å². The van der Waals surface area contributed by atoms with Gasteiger partial charge in [-0.25, -0.2) is 0 Å². The minimum Gasteiger partial charge on any atom is -0.451 e. The molecule has 0 fully saturated rings. The largest absolute Gasteiger partial charge is 0.451 e. The van der Waals surface area contributed by atoms with Gasteiger partial charge in [0.15, 0.2) is 11.5 Å². The zero-order valence-corrected chi connectivity index (χ0v) is 9.18. The lowest BCUT2D eigenvalue weighted by Crippen LogP contribution is -1.99. The average molecular weight is 230 g/mol. The highest BCUT2D eigenvalue weighted by molar-refractivity contribution is 5.70. The number of para-hydroxylation sites is 1. The van der Waals surface area contributed by atoms with Crippen LogP contribution in [0.5, 0.6) is 11.5 Å². The Hall–Kier alpha value is -2.56. The summed E-state index contributed by atoms with van der Waals surface area (Å²) in [5, 5.41) is 0. The molecule has 0 aromatic heterocycles. The molecule has 5 heteroatoms. The molecule has 0 radical (unpaired) electrons. The summed E-state index contributed by atoms with van der Waals surface area (Å²) >= 11 is 0. The molecule has 2 rings (SSSR count). The van der Waals surface area contributed by atoms with Crippen molar-refractivity contribution in [3.63, 3.8) is 0 Å². The molecular formula is C12H14N4O. The van der Waals surface area contributed by atoms with Crippen molar-refractivity contribution in [1.29, 1.82) is 0 Å². The van der Waals surface area contributed by atoms with E-state index in [1.54, 1.807) is 36.4 Å². The van der Waals surface area contributed by atoms with Gasteiger partial charge in [0.2, 0.25) is 0 Å². The zero-order valence-electron chi connectivity index (χ0n) is 9.18. The molecule has 5 nitrogen and oxygen atoms in total. The van der Waals surface area contributed by atoms with Gasteiger partial charge < -0.3 is 27.7 Å². The van der Waals surface area contributed by atoms with Crippen molar-refractivity contribution in [2.75, 3.05) is 22.9 Å². The second-order valence-electron chi connectivity index (χ2n) is 3.66. The maximum absolute atomic E-state index is 5.78. The Morgan fingerprint density at radius 3 is 2.00 bits per heavy atom. The first kappa shape index (κ1) is 10.9. The van der Waals surface area contributed by atoms with E-state index < -0.39 is 0 Å². The lowest BCUT2D eigenvalue weighted by atomic mass is 10.2. The van der Waals surface area contributed by atoms with Crippen LogP contribution < -0.4 is 27.7 Å². The first-order chi connectivity index (χ1) is 8.08. The first-order valence-corrected chi connectivity index (χ1v) is 5.04. The van der Waals surface area contributed by atoms with Crippen LogP contribution in [0.4, 0.5) is 22.7 Å². The standard InChI is InChI=1S/C12H14N4O/c13-7-4-5-11(10(16)6-7)17-12-8(14)2-1-3-9(12)15/h1-6H,13-16H2. The van der Waals surface area contributed by atoms with Crippen molar-refractivity contribution >= 4 is 22.7 Å². The van der Waals surface area contributed by atoms with Crippen molar-refractivity contribution in [3.05, 3.63) is 36.4 Å². The maximum atomic E-state index is 5.78. The molecule has 0 aliphatic rings. The summed E-state index contributed by atoms with van der Waals surface area (Å²) < 4.78 is 5.60. The van der Waals surface area contributed by atoms with E-state index in [0.29, 0.717) is 34.2 Å². The topological polar surface area (TPSA) is 113 Å². The van der Waals surface area contributed by atoms with Crippen molar-refractivity contribution in [1.82, 2.24) is 0 Å². The van der Waals surface area contributed by atoms with Crippen molar-refractivity contribution in [3.8, 4) is 11.5 Å². The molecule has 2 aromatic rings. The van der Waals surface area contributed by atoms with E-state index in [2.05, 4.69) is 0 Å². The van der Waals surface area contributed by atoms with Gasteiger partial charge >= 0.3 is 0 Å². The molecule has 0 aliphatic carbocycles. The minimum atomic E-state index is 0.406. The Balaban J connectivity index is 2.38. The first-order valence-electron chi connectivity index (χ1n) is 5.04. The molecule has 0 saturated carbocycles. The summed E-state index contributed by atoms with van der Waals surface area (Å²) in [5.74, 6) is 0.882. The fourth-order valence-electron chi connectivity index (χ4n) is 1.46. The number of rotatable bonds is 2. The van der Waals surface area contributed by atoms with Crippen LogP contribution in [0, 0.1) is 0 Å². The van der Waals surface area contributed by atoms with E-state index in [1.807, 2.05) is 0 Å². The second kappa shape index (κ2) is 4.13. The van der Waals surface area contributed by atoms with Crippen molar-refractivity contribution < 1.29 is 4.74 Å². The Kier molecular flexibility index (Phi) is 2.66. The van der Waals surface area contributed by atoms with Crippen LogP contribution in [0.1, 0.15) is 0 Å². The summed E-state index contributed by atoms with van der Waals surface area (Å²) in [5.41, 5.74) is 24.9. The van der Waals surface area contributed by atoms with Crippen LogP contribution in [0.25, 0.3) is 0 Å². The Bertz CT molecular complexity index is 534. The SMILES string of the molecule is Nc1ccc(Oc2c(N)cccc2N)c(N)c1. The summed E-state index contributed by atoms with van der Waals surface area (Å²) in [6, 6.07) is 10.2. The molecular weight excluding hydrogens is 216 g/mol. The fraction of sp³-hybridized carbons (Fsp3) is 0. The molecule has 2 aromatic carbocycles. The number of anilines is 4. The molecule has 88 valence electrons. The van der Waals surface area contributed by atoms with E-state index in [1.165, 1.54) is 0 Å². The summed E-state index contributed by atoms with van der Waals surface area (Å²) in [4.78, 5) is 0. The number of nitrogens with two attached hydrogens (primary N) is 4. The van der Waals surface area contributed by atoms with Crippen molar-refractivity contribution in [2.24, 2.45) is 0 Å². The summed E-state index contributed by atoms with van der Waals surface area (Å²) in [6.07, 6.45) is 0. The third kappa shape index (κ3) is 2.17. The molecule has 8 N–H and O–H groups in total. The predicted molar refractivity (Wildman–Crippen MR) is 70.6 cm³/mol. The molecule has 0 saturated heterocycles. The average Bonchev–Trinajstić information content (AvgIpc) is 2.26. The molecule has 0 atom stereocenters. The lowest BCUT2D eigenvalue weighted by molar-refractivity contribution is 0.490. The highest BCUT2D eigenvalue weighted by atomic mass is 16.5. The normalized spacial score (nSPS) is 10.1. The third-order valence-corrected chi connectivity index (χ3v) is 2.32. The number of benzene rings is 2. The van der Waals surface area contributed by atoms with Crippen LogP contribution in [-0.2, 0) is 0 Å². The van der Waals surface area contributed by atoms with E-state index >= 15 is 0 Å². The van der Waals surface area contributed by atoms with Crippen LogP contribution in [-0.4, -0.2) is 0 Å². The minimum absolute atomic E-state index is 0.406. The molecule has 0 aliphatic heterocycles. The van der Waals surface area contributed by atoms with Gasteiger partial charge in [0.05, 0.1) is 17.1 Å². The van der Waals surface area contributed by atoms with Crippen LogP contribution in [0.2, 0.25) is 0 Å². The maximum Gasteiger partial charge on any atom is 0.173 e. The highest BCUT2D eigenvalue weighted by Gasteiger charge is 2.08. The second-order valence-corrected chi connectivity index (χ2v) is 3.66. The fourth-order valence-corrected chi connectivity index (χ4v) is 1.46. The van der Waals surface area contributed by atoms with Gasteiger partial charge in [-0.3, -0.25) is 0 Å². The van der Waals surface area contributed by atoms with Gasteiger partial charge in [-0.15, -0.1) is 0 Å². The van der Waals surface area contributed by atoms with Gasteiger partial charge in [0.1, 0.15) is 0 Å². The van der Waals surface area contributed by atoms with Crippen LogP contribution >= 0.6 is 0 Å². The van der Waals surface area contributed by atoms with Crippen LogP contribution in [0.3, 0.4) is 0 Å². The van der Waals surface area contributed by atoms with Gasteiger partial charge in [-0.1, -0.05) is 6.07 Å². The van der Waals surface area contributed by atoms with E-state index in [9.17, 15) is 0 Å². The Morgan fingerprint density at radius 2 is 1.41 bits per heavy atom. The number of ether oxygens (including phenoxy) is 1.